The SMILES string of the molecule is C#CC(O)CC(C)CCC. The zero-order chi connectivity index (χ0) is 7.98. The van der Waals surface area contributed by atoms with Crippen molar-refractivity contribution in [1.82, 2.24) is 0 Å². The molecule has 10 heavy (non-hydrogen) atoms. The molecule has 0 fully saturated rings. The highest BCUT2D eigenvalue weighted by atomic mass is 16.3. The van der Waals surface area contributed by atoms with E-state index in [0.717, 1.165) is 12.8 Å². The fourth-order valence-corrected chi connectivity index (χ4v) is 1.06. The smallest absolute Gasteiger partial charge is 0.114 e. The van der Waals surface area contributed by atoms with E-state index in [1.165, 1.54) is 6.42 Å². The first-order chi connectivity index (χ1) is 4.70. The van der Waals surface area contributed by atoms with Crippen LogP contribution in [0.5, 0.6) is 0 Å². The van der Waals surface area contributed by atoms with Crippen molar-refractivity contribution in [2.45, 2.75) is 39.2 Å². The van der Waals surface area contributed by atoms with E-state index in [2.05, 4.69) is 19.8 Å². The van der Waals surface area contributed by atoms with E-state index in [1.54, 1.807) is 0 Å². The Labute approximate surface area is 63.5 Å². The van der Waals surface area contributed by atoms with E-state index in [1.807, 2.05) is 0 Å². The predicted molar refractivity (Wildman–Crippen MR) is 43.5 cm³/mol. The third kappa shape index (κ3) is 4.40. The van der Waals surface area contributed by atoms with Gasteiger partial charge in [0.05, 0.1) is 0 Å². The van der Waals surface area contributed by atoms with Crippen molar-refractivity contribution in [1.29, 1.82) is 0 Å². The second-order valence-corrected chi connectivity index (χ2v) is 2.81. The highest BCUT2D eigenvalue weighted by molar-refractivity contribution is 4.93. The standard InChI is InChI=1S/C9H16O/c1-4-6-8(3)7-9(10)5-2/h2,8-10H,4,6-7H2,1,3H3. The summed E-state index contributed by atoms with van der Waals surface area (Å²) < 4.78 is 0. The molecule has 0 aliphatic rings. The molecule has 0 aromatic carbocycles. The molecule has 0 aromatic heterocycles. The largest absolute Gasteiger partial charge is 0.380 e. The molecule has 0 heterocycles. The number of rotatable bonds is 4. The number of hydrogen-bond donors (Lipinski definition) is 1. The number of aliphatic hydroxyl groups excluding tert-OH is 1. The lowest BCUT2D eigenvalue weighted by molar-refractivity contribution is 0.196. The molecule has 1 N–H and O–H groups in total. The van der Waals surface area contributed by atoms with Crippen molar-refractivity contribution in [2.24, 2.45) is 5.92 Å². The zero-order valence-electron chi connectivity index (χ0n) is 6.80. The van der Waals surface area contributed by atoms with Gasteiger partial charge < -0.3 is 5.11 Å². The maximum atomic E-state index is 9.02. The molecule has 0 spiro atoms. The summed E-state index contributed by atoms with van der Waals surface area (Å²) in [6.07, 6.45) is 7.53. The van der Waals surface area contributed by atoms with Crippen molar-refractivity contribution >= 4 is 0 Å². The molecule has 58 valence electrons. The van der Waals surface area contributed by atoms with E-state index in [9.17, 15) is 0 Å². The average Bonchev–Trinajstić information content (AvgIpc) is 1.88. The van der Waals surface area contributed by atoms with Gasteiger partial charge in [-0.1, -0.05) is 32.6 Å². The van der Waals surface area contributed by atoms with E-state index < -0.39 is 6.10 Å². The molecule has 0 radical (unpaired) electrons. The molecule has 1 heteroatoms. The first kappa shape index (κ1) is 9.52. The Morgan fingerprint density at radius 2 is 2.20 bits per heavy atom. The topological polar surface area (TPSA) is 20.2 Å². The summed E-state index contributed by atoms with van der Waals surface area (Å²) in [7, 11) is 0. The Balaban J connectivity index is 3.39. The van der Waals surface area contributed by atoms with Gasteiger partial charge in [-0.15, -0.1) is 6.42 Å². The first-order valence-electron chi connectivity index (χ1n) is 3.84. The molecule has 0 saturated heterocycles. The van der Waals surface area contributed by atoms with Crippen LogP contribution < -0.4 is 0 Å². The van der Waals surface area contributed by atoms with Crippen molar-refractivity contribution < 1.29 is 5.11 Å². The third-order valence-electron chi connectivity index (χ3n) is 1.60. The van der Waals surface area contributed by atoms with Crippen LogP contribution in [0.15, 0.2) is 0 Å². The van der Waals surface area contributed by atoms with Gasteiger partial charge in [0.1, 0.15) is 6.10 Å². The Bertz CT molecular complexity index is 112. The first-order valence-corrected chi connectivity index (χ1v) is 3.84. The molecule has 1 nitrogen and oxygen atoms in total. The molecule has 0 saturated carbocycles. The summed E-state index contributed by atoms with van der Waals surface area (Å²) in [5.41, 5.74) is 0. The van der Waals surface area contributed by atoms with Crippen LogP contribution in [0.3, 0.4) is 0 Å². The van der Waals surface area contributed by atoms with Crippen LogP contribution in [0.4, 0.5) is 0 Å². The summed E-state index contributed by atoms with van der Waals surface area (Å²) in [6.45, 7) is 4.25. The van der Waals surface area contributed by atoms with Crippen molar-refractivity contribution in [3.05, 3.63) is 0 Å². The minimum absolute atomic E-state index is 0.540. The van der Waals surface area contributed by atoms with E-state index in [0.29, 0.717) is 5.92 Å². The van der Waals surface area contributed by atoms with E-state index in [-0.39, 0.29) is 0 Å². The van der Waals surface area contributed by atoms with Gasteiger partial charge in [0.25, 0.3) is 0 Å². The Kier molecular flexibility index (Phi) is 5.06. The minimum atomic E-state index is -0.540. The third-order valence-corrected chi connectivity index (χ3v) is 1.60. The van der Waals surface area contributed by atoms with Gasteiger partial charge in [0.15, 0.2) is 0 Å². The molecular weight excluding hydrogens is 124 g/mol. The summed E-state index contributed by atoms with van der Waals surface area (Å²) in [6, 6.07) is 0. The lowest BCUT2D eigenvalue weighted by Crippen LogP contribution is -2.08. The van der Waals surface area contributed by atoms with Crippen LogP contribution in [0.25, 0.3) is 0 Å². The monoisotopic (exact) mass is 140 g/mol. The molecule has 0 rings (SSSR count). The predicted octanol–water partition coefficient (Wildman–Crippen LogP) is 1.81. The summed E-state index contributed by atoms with van der Waals surface area (Å²) >= 11 is 0. The van der Waals surface area contributed by atoms with E-state index in [4.69, 9.17) is 11.5 Å². The van der Waals surface area contributed by atoms with Gasteiger partial charge in [0, 0.05) is 0 Å². The fraction of sp³-hybridized carbons (Fsp3) is 0.778. The van der Waals surface area contributed by atoms with Gasteiger partial charge in [0.2, 0.25) is 0 Å². The van der Waals surface area contributed by atoms with Crippen molar-refractivity contribution in [2.75, 3.05) is 0 Å². The molecule has 0 amide bonds. The van der Waals surface area contributed by atoms with Crippen LogP contribution in [0.1, 0.15) is 33.1 Å². The molecule has 0 bridgehead atoms. The molecule has 2 unspecified atom stereocenters. The summed E-state index contributed by atoms with van der Waals surface area (Å²) in [5, 5.41) is 9.02. The molecule has 0 aliphatic heterocycles. The quantitative estimate of drug-likeness (QED) is 0.590. The van der Waals surface area contributed by atoms with Crippen LogP contribution in [-0.2, 0) is 0 Å². The fourth-order valence-electron chi connectivity index (χ4n) is 1.06. The van der Waals surface area contributed by atoms with Gasteiger partial charge >= 0.3 is 0 Å². The van der Waals surface area contributed by atoms with E-state index >= 15 is 0 Å². The maximum Gasteiger partial charge on any atom is 0.114 e. The zero-order valence-corrected chi connectivity index (χ0v) is 6.80. The maximum absolute atomic E-state index is 9.02. The second-order valence-electron chi connectivity index (χ2n) is 2.81. The van der Waals surface area contributed by atoms with Gasteiger partial charge in [-0.05, 0) is 12.3 Å². The summed E-state index contributed by atoms with van der Waals surface area (Å²) in [5.74, 6) is 2.86. The molecular formula is C9H16O. The Morgan fingerprint density at radius 1 is 1.60 bits per heavy atom. The lowest BCUT2D eigenvalue weighted by Gasteiger charge is -2.10. The van der Waals surface area contributed by atoms with Crippen LogP contribution in [0.2, 0.25) is 0 Å². The molecule has 2 atom stereocenters. The molecule has 0 aromatic rings. The second kappa shape index (κ2) is 5.32. The minimum Gasteiger partial charge on any atom is -0.380 e. The number of aliphatic hydroxyl groups is 1. The van der Waals surface area contributed by atoms with Crippen molar-refractivity contribution in [3.8, 4) is 12.3 Å². The van der Waals surface area contributed by atoms with Crippen LogP contribution in [-0.4, -0.2) is 11.2 Å². The van der Waals surface area contributed by atoms with Crippen LogP contribution >= 0.6 is 0 Å². The molecule has 0 aliphatic carbocycles. The van der Waals surface area contributed by atoms with Gasteiger partial charge in [-0.2, -0.15) is 0 Å². The highest BCUT2D eigenvalue weighted by Gasteiger charge is 2.05. The summed E-state index contributed by atoms with van der Waals surface area (Å²) in [4.78, 5) is 0. The Morgan fingerprint density at radius 3 is 2.60 bits per heavy atom. The average molecular weight is 140 g/mol. The van der Waals surface area contributed by atoms with Crippen molar-refractivity contribution in [3.63, 3.8) is 0 Å². The number of terminal acetylenes is 1. The van der Waals surface area contributed by atoms with Crippen LogP contribution in [0, 0.1) is 18.3 Å². The lowest BCUT2D eigenvalue weighted by atomic mass is 9.99. The highest BCUT2D eigenvalue weighted by Crippen LogP contribution is 2.11. The van der Waals surface area contributed by atoms with Gasteiger partial charge in [-0.3, -0.25) is 0 Å². The number of hydrogen-bond acceptors (Lipinski definition) is 1. The Hall–Kier alpha value is -0.480. The van der Waals surface area contributed by atoms with Gasteiger partial charge in [-0.25, -0.2) is 0 Å². The normalized spacial score (nSPS) is 15.8.